The zero-order valence-electron chi connectivity index (χ0n) is 12.5. The maximum absolute atomic E-state index is 14.0. The first-order valence-corrected chi connectivity index (χ1v) is 6.99. The van der Waals surface area contributed by atoms with Gasteiger partial charge in [0.05, 0.1) is 11.1 Å². The van der Waals surface area contributed by atoms with E-state index in [-0.39, 0.29) is 0 Å². The SMILES string of the molecule is C=CCCc1cc(F)c(C#Cc2c(F)cc(C)cc2F)c(F)c1. The Morgan fingerprint density at radius 1 is 0.870 bits per heavy atom. The van der Waals surface area contributed by atoms with E-state index in [9.17, 15) is 17.6 Å². The van der Waals surface area contributed by atoms with Crippen molar-refractivity contribution in [2.45, 2.75) is 19.8 Å². The Labute approximate surface area is 132 Å². The molecular weight excluding hydrogens is 304 g/mol. The summed E-state index contributed by atoms with van der Waals surface area (Å²) < 4.78 is 55.3. The van der Waals surface area contributed by atoms with E-state index < -0.39 is 34.4 Å². The summed E-state index contributed by atoms with van der Waals surface area (Å²) in [7, 11) is 0. The van der Waals surface area contributed by atoms with Crippen LogP contribution in [0.25, 0.3) is 0 Å². The lowest BCUT2D eigenvalue weighted by atomic mass is 10.1. The summed E-state index contributed by atoms with van der Waals surface area (Å²) in [6.07, 6.45) is 2.68. The molecule has 0 unspecified atom stereocenters. The van der Waals surface area contributed by atoms with Crippen molar-refractivity contribution in [2.75, 3.05) is 0 Å². The zero-order valence-corrected chi connectivity index (χ0v) is 12.5. The Balaban J connectivity index is 2.41. The monoisotopic (exact) mass is 318 g/mol. The lowest BCUT2D eigenvalue weighted by Gasteiger charge is -2.03. The van der Waals surface area contributed by atoms with Crippen LogP contribution in [0.15, 0.2) is 36.9 Å². The van der Waals surface area contributed by atoms with E-state index in [2.05, 4.69) is 18.4 Å². The van der Waals surface area contributed by atoms with Crippen molar-refractivity contribution in [2.24, 2.45) is 0 Å². The Hall–Kier alpha value is -2.54. The summed E-state index contributed by atoms with van der Waals surface area (Å²) in [4.78, 5) is 0. The molecule has 2 aromatic rings. The zero-order chi connectivity index (χ0) is 17.0. The molecule has 0 bridgehead atoms. The van der Waals surface area contributed by atoms with Crippen LogP contribution in [0.4, 0.5) is 17.6 Å². The second kappa shape index (κ2) is 7.15. The highest BCUT2D eigenvalue weighted by Gasteiger charge is 2.11. The number of rotatable bonds is 3. The van der Waals surface area contributed by atoms with Crippen LogP contribution in [0.1, 0.15) is 28.7 Å². The summed E-state index contributed by atoms with van der Waals surface area (Å²) in [5.41, 5.74) is -0.149. The summed E-state index contributed by atoms with van der Waals surface area (Å²) >= 11 is 0. The number of allylic oxidation sites excluding steroid dienone is 1. The molecule has 0 N–H and O–H groups in total. The van der Waals surface area contributed by atoms with Gasteiger partial charge >= 0.3 is 0 Å². The van der Waals surface area contributed by atoms with Crippen LogP contribution in [0.3, 0.4) is 0 Å². The Morgan fingerprint density at radius 2 is 1.30 bits per heavy atom. The van der Waals surface area contributed by atoms with Crippen LogP contribution in [-0.4, -0.2) is 0 Å². The lowest BCUT2D eigenvalue weighted by Crippen LogP contribution is -1.96. The molecule has 23 heavy (non-hydrogen) atoms. The molecule has 2 aromatic carbocycles. The van der Waals surface area contributed by atoms with Crippen LogP contribution in [0.2, 0.25) is 0 Å². The molecule has 0 atom stereocenters. The van der Waals surface area contributed by atoms with Gasteiger partial charge < -0.3 is 0 Å². The van der Waals surface area contributed by atoms with Gasteiger partial charge in [-0.15, -0.1) is 6.58 Å². The summed E-state index contributed by atoms with van der Waals surface area (Å²) in [5, 5.41) is 0. The molecule has 4 heteroatoms. The van der Waals surface area contributed by atoms with Gasteiger partial charge in [0.1, 0.15) is 23.3 Å². The molecule has 0 heterocycles. The molecule has 0 radical (unpaired) electrons. The number of halogens is 4. The minimum Gasteiger partial charge on any atom is -0.206 e. The van der Waals surface area contributed by atoms with Crippen LogP contribution in [-0.2, 0) is 6.42 Å². The predicted octanol–water partition coefficient (Wildman–Crippen LogP) is 5.07. The number of hydrogen-bond acceptors (Lipinski definition) is 0. The van der Waals surface area contributed by atoms with Crippen molar-refractivity contribution in [3.05, 3.63) is 82.4 Å². The third kappa shape index (κ3) is 4.01. The van der Waals surface area contributed by atoms with Gasteiger partial charge in [0.2, 0.25) is 0 Å². The van der Waals surface area contributed by atoms with Crippen LogP contribution in [0, 0.1) is 42.0 Å². The van der Waals surface area contributed by atoms with Crippen molar-refractivity contribution >= 4 is 0 Å². The highest BCUT2D eigenvalue weighted by Crippen LogP contribution is 2.18. The van der Waals surface area contributed by atoms with E-state index >= 15 is 0 Å². The average Bonchev–Trinajstić information content (AvgIpc) is 2.46. The van der Waals surface area contributed by atoms with E-state index in [1.165, 1.54) is 19.1 Å². The first-order chi connectivity index (χ1) is 10.9. The van der Waals surface area contributed by atoms with E-state index in [4.69, 9.17) is 0 Å². The second-order valence-electron chi connectivity index (χ2n) is 5.12. The molecule has 0 nitrogen and oxygen atoms in total. The van der Waals surface area contributed by atoms with Crippen LogP contribution in [0.5, 0.6) is 0 Å². The minimum atomic E-state index is -0.863. The lowest BCUT2D eigenvalue weighted by molar-refractivity contribution is 0.571. The summed E-state index contributed by atoms with van der Waals surface area (Å²) in [6, 6.07) is 4.55. The van der Waals surface area contributed by atoms with Gasteiger partial charge in [0.15, 0.2) is 0 Å². The first-order valence-electron chi connectivity index (χ1n) is 6.99. The molecule has 0 amide bonds. The average molecular weight is 318 g/mol. The molecule has 2 rings (SSSR count). The fraction of sp³-hybridized carbons (Fsp3) is 0.158. The molecule has 0 aliphatic carbocycles. The molecule has 0 aliphatic rings. The fourth-order valence-electron chi connectivity index (χ4n) is 2.10. The molecule has 0 saturated carbocycles. The van der Waals surface area contributed by atoms with E-state index in [0.717, 1.165) is 12.1 Å². The quantitative estimate of drug-likeness (QED) is 0.421. The molecule has 0 aliphatic heterocycles. The second-order valence-corrected chi connectivity index (χ2v) is 5.12. The van der Waals surface area contributed by atoms with Gasteiger partial charge in [-0.25, -0.2) is 17.6 Å². The number of aryl methyl sites for hydroxylation is 2. The molecule has 118 valence electrons. The van der Waals surface area contributed by atoms with Gasteiger partial charge in [-0.2, -0.15) is 0 Å². The van der Waals surface area contributed by atoms with Gasteiger partial charge in [-0.3, -0.25) is 0 Å². The Bertz CT molecular complexity index is 764. The standard InChI is InChI=1S/C19H14F4/c1-3-4-5-13-10-18(22)15(19(23)11-13)7-6-14-16(20)8-12(2)9-17(14)21/h3,8-11H,1,4-5H2,2H3. The van der Waals surface area contributed by atoms with Crippen molar-refractivity contribution in [1.82, 2.24) is 0 Å². The fourth-order valence-corrected chi connectivity index (χ4v) is 2.10. The minimum absolute atomic E-state index is 0.398. The van der Waals surface area contributed by atoms with E-state index in [1.54, 1.807) is 6.08 Å². The van der Waals surface area contributed by atoms with E-state index in [1.807, 2.05) is 0 Å². The van der Waals surface area contributed by atoms with Crippen LogP contribution < -0.4 is 0 Å². The molecule has 0 spiro atoms. The predicted molar refractivity (Wildman–Crippen MR) is 82.0 cm³/mol. The third-order valence-electron chi connectivity index (χ3n) is 3.24. The number of benzene rings is 2. The topological polar surface area (TPSA) is 0 Å². The van der Waals surface area contributed by atoms with Crippen molar-refractivity contribution < 1.29 is 17.6 Å². The molecular formula is C19H14F4. The summed E-state index contributed by atoms with van der Waals surface area (Å²) in [6.45, 7) is 5.08. The Kier molecular flexibility index (Phi) is 5.23. The summed E-state index contributed by atoms with van der Waals surface area (Å²) in [5.74, 6) is 0.916. The van der Waals surface area contributed by atoms with Gasteiger partial charge in [-0.1, -0.05) is 17.9 Å². The molecule has 0 fully saturated rings. The number of hydrogen-bond donors (Lipinski definition) is 0. The van der Waals surface area contributed by atoms with E-state index in [0.29, 0.717) is 24.0 Å². The van der Waals surface area contributed by atoms with Crippen molar-refractivity contribution in [3.8, 4) is 11.8 Å². The van der Waals surface area contributed by atoms with Gasteiger partial charge in [-0.05, 0) is 55.2 Å². The smallest absolute Gasteiger partial charge is 0.142 e. The van der Waals surface area contributed by atoms with Gasteiger partial charge in [0, 0.05) is 0 Å². The maximum atomic E-state index is 14.0. The van der Waals surface area contributed by atoms with Crippen molar-refractivity contribution in [1.29, 1.82) is 0 Å². The molecule has 0 saturated heterocycles. The Morgan fingerprint density at radius 3 is 1.74 bits per heavy atom. The maximum Gasteiger partial charge on any atom is 0.142 e. The van der Waals surface area contributed by atoms with Crippen molar-refractivity contribution in [3.63, 3.8) is 0 Å². The highest BCUT2D eigenvalue weighted by molar-refractivity contribution is 5.46. The molecule has 0 aromatic heterocycles. The normalized spacial score (nSPS) is 10.1. The highest BCUT2D eigenvalue weighted by atomic mass is 19.1. The first kappa shape index (κ1) is 16.8. The van der Waals surface area contributed by atoms with Crippen LogP contribution >= 0.6 is 0 Å². The third-order valence-corrected chi connectivity index (χ3v) is 3.24. The largest absolute Gasteiger partial charge is 0.206 e. The van der Waals surface area contributed by atoms with Gasteiger partial charge in [0.25, 0.3) is 0 Å².